The molecule has 0 nitrogen and oxygen atoms in total. The molecule has 74 valence electrons. The van der Waals surface area contributed by atoms with E-state index in [9.17, 15) is 0 Å². The molecule has 0 aromatic carbocycles. The van der Waals surface area contributed by atoms with Crippen LogP contribution in [0.5, 0.6) is 0 Å². The van der Waals surface area contributed by atoms with Crippen molar-refractivity contribution >= 4 is 0 Å². The normalized spacial score (nSPS) is 32.0. The highest BCUT2D eigenvalue weighted by Gasteiger charge is 2.46. The maximum Gasteiger partial charge on any atom is -0.0298 e. The number of hydrogen-bond donors (Lipinski definition) is 0. The van der Waals surface area contributed by atoms with E-state index >= 15 is 0 Å². The lowest BCUT2D eigenvalue weighted by molar-refractivity contribution is -0.0375. The van der Waals surface area contributed by atoms with Crippen LogP contribution in [0.25, 0.3) is 0 Å². The van der Waals surface area contributed by atoms with E-state index in [1.165, 1.54) is 6.42 Å². The van der Waals surface area contributed by atoms with Crippen LogP contribution in [0, 0.1) is 23.2 Å². The molecule has 1 aliphatic rings. The zero-order valence-corrected chi connectivity index (χ0v) is 9.94. The summed E-state index contributed by atoms with van der Waals surface area (Å²) in [5.41, 5.74) is 0.619. The van der Waals surface area contributed by atoms with Gasteiger partial charge in [-0.3, -0.25) is 0 Å². The fraction of sp³-hybridized carbons (Fsp3) is 1.00. The van der Waals surface area contributed by atoms with Gasteiger partial charge in [0.15, 0.2) is 0 Å². The van der Waals surface area contributed by atoms with E-state index in [2.05, 4.69) is 34.6 Å². The van der Waals surface area contributed by atoms with E-state index in [-0.39, 0.29) is 0 Å². The van der Waals surface area contributed by atoms with E-state index in [1.807, 2.05) is 13.8 Å². The van der Waals surface area contributed by atoms with Crippen LogP contribution in [0.2, 0.25) is 0 Å². The van der Waals surface area contributed by atoms with Crippen molar-refractivity contribution in [3.63, 3.8) is 0 Å². The van der Waals surface area contributed by atoms with Gasteiger partial charge in [-0.25, -0.2) is 0 Å². The molecule has 0 heteroatoms. The van der Waals surface area contributed by atoms with Crippen LogP contribution in [0.3, 0.4) is 0 Å². The van der Waals surface area contributed by atoms with Crippen molar-refractivity contribution < 1.29 is 0 Å². The fourth-order valence-corrected chi connectivity index (χ4v) is 2.32. The maximum absolute atomic E-state index is 2.41. The molecular formula is C12H26. The van der Waals surface area contributed by atoms with Crippen molar-refractivity contribution in [3.8, 4) is 0 Å². The van der Waals surface area contributed by atoms with Gasteiger partial charge in [0.1, 0.15) is 0 Å². The fourth-order valence-electron chi connectivity index (χ4n) is 2.32. The van der Waals surface area contributed by atoms with Gasteiger partial charge < -0.3 is 0 Å². The molecule has 12 heavy (non-hydrogen) atoms. The minimum Gasteiger partial charge on any atom is -0.0683 e. The summed E-state index contributed by atoms with van der Waals surface area (Å²) in [7, 11) is 0. The van der Waals surface area contributed by atoms with Gasteiger partial charge in [0.2, 0.25) is 0 Å². The van der Waals surface area contributed by atoms with Crippen LogP contribution in [0.4, 0.5) is 0 Å². The average molecular weight is 170 g/mol. The van der Waals surface area contributed by atoms with E-state index in [1.54, 1.807) is 0 Å². The van der Waals surface area contributed by atoms with Gasteiger partial charge in [0.25, 0.3) is 0 Å². The Morgan fingerprint density at radius 2 is 1.58 bits per heavy atom. The van der Waals surface area contributed by atoms with Gasteiger partial charge in [-0.15, -0.1) is 0 Å². The van der Waals surface area contributed by atoms with Crippen molar-refractivity contribution in [2.45, 2.75) is 54.9 Å². The molecule has 0 aromatic heterocycles. The first-order chi connectivity index (χ1) is 5.46. The Balaban J connectivity index is 0.000000561. The predicted octanol–water partition coefficient (Wildman–Crippen LogP) is 4.35. The average Bonchev–Trinajstić information content (AvgIpc) is 2.03. The van der Waals surface area contributed by atoms with E-state index in [0.29, 0.717) is 5.41 Å². The van der Waals surface area contributed by atoms with Gasteiger partial charge in [-0.2, -0.15) is 0 Å². The molecule has 0 bridgehead atoms. The van der Waals surface area contributed by atoms with Crippen LogP contribution >= 0.6 is 0 Å². The van der Waals surface area contributed by atoms with Gasteiger partial charge in [0, 0.05) is 0 Å². The second-order valence-corrected chi connectivity index (χ2v) is 4.81. The van der Waals surface area contributed by atoms with Crippen LogP contribution in [-0.2, 0) is 0 Å². The molecule has 0 amide bonds. The molecule has 0 N–H and O–H groups in total. The molecule has 2 atom stereocenters. The first-order valence-electron chi connectivity index (χ1n) is 5.46. The third kappa shape index (κ3) is 2.02. The molecule has 0 heterocycles. The molecule has 1 rings (SSSR count). The lowest BCUT2D eigenvalue weighted by Gasteiger charge is -2.53. The van der Waals surface area contributed by atoms with Gasteiger partial charge in [0.05, 0.1) is 0 Å². The third-order valence-electron chi connectivity index (χ3n) is 3.64. The summed E-state index contributed by atoms with van der Waals surface area (Å²) >= 11 is 0. The van der Waals surface area contributed by atoms with E-state index in [0.717, 1.165) is 17.8 Å². The summed E-state index contributed by atoms with van der Waals surface area (Å²) in [4.78, 5) is 0. The molecule has 1 saturated carbocycles. The quantitative estimate of drug-likeness (QED) is 0.549. The molecule has 0 radical (unpaired) electrons. The molecule has 0 spiro atoms. The first kappa shape index (κ1) is 12.0. The molecule has 1 fully saturated rings. The summed E-state index contributed by atoms with van der Waals surface area (Å²) in [5, 5.41) is 0. The zero-order valence-electron chi connectivity index (χ0n) is 9.94. The summed E-state index contributed by atoms with van der Waals surface area (Å²) < 4.78 is 0. The van der Waals surface area contributed by atoms with Crippen molar-refractivity contribution in [3.05, 3.63) is 0 Å². The largest absolute Gasteiger partial charge is 0.0683 e. The van der Waals surface area contributed by atoms with Gasteiger partial charge in [-0.1, -0.05) is 48.5 Å². The Kier molecular flexibility index (Phi) is 4.30. The maximum atomic E-state index is 2.41. The Hall–Kier alpha value is 0. The summed E-state index contributed by atoms with van der Waals surface area (Å²) in [5.74, 6) is 2.80. The van der Waals surface area contributed by atoms with Crippen LogP contribution in [-0.4, -0.2) is 0 Å². The van der Waals surface area contributed by atoms with Crippen molar-refractivity contribution in [2.75, 3.05) is 0 Å². The topological polar surface area (TPSA) is 0 Å². The van der Waals surface area contributed by atoms with E-state index in [4.69, 9.17) is 0 Å². The first-order valence-corrected chi connectivity index (χ1v) is 5.46. The Morgan fingerprint density at radius 3 is 1.67 bits per heavy atom. The summed E-state index contributed by atoms with van der Waals surface area (Å²) in [6.07, 6.45) is 1.45. The zero-order chi connectivity index (χ0) is 9.94. The second kappa shape index (κ2) is 4.30. The van der Waals surface area contributed by atoms with Crippen molar-refractivity contribution in [1.29, 1.82) is 0 Å². The van der Waals surface area contributed by atoms with Crippen LogP contribution < -0.4 is 0 Å². The lowest BCUT2D eigenvalue weighted by atomic mass is 9.52. The Morgan fingerprint density at radius 1 is 1.17 bits per heavy atom. The molecule has 0 aliphatic heterocycles. The monoisotopic (exact) mass is 170 g/mol. The van der Waals surface area contributed by atoms with Gasteiger partial charge in [-0.05, 0) is 29.6 Å². The molecule has 0 aromatic rings. The predicted molar refractivity (Wildman–Crippen MR) is 57.2 cm³/mol. The minimum atomic E-state index is 0.619. The highest BCUT2D eigenvalue weighted by Crippen LogP contribution is 2.53. The number of hydrogen-bond acceptors (Lipinski definition) is 0. The van der Waals surface area contributed by atoms with Crippen LogP contribution in [0.15, 0.2) is 0 Å². The lowest BCUT2D eigenvalue weighted by Crippen LogP contribution is -2.45. The van der Waals surface area contributed by atoms with Gasteiger partial charge >= 0.3 is 0 Å². The summed E-state index contributed by atoms with van der Waals surface area (Å²) in [6.45, 7) is 15.9. The Bertz CT molecular complexity index is 122. The molecule has 1 aliphatic carbocycles. The number of rotatable bonds is 1. The molecule has 2 unspecified atom stereocenters. The van der Waals surface area contributed by atoms with E-state index < -0.39 is 0 Å². The summed E-state index contributed by atoms with van der Waals surface area (Å²) in [6, 6.07) is 0. The molecule has 0 saturated heterocycles. The third-order valence-corrected chi connectivity index (χ3v) is 3.64. The van der Waals surface area contributed by atoms with Crippen molar-refractivity contribution in [2.24, 2.45) is 23.2 Å². The molecular weight excluding hydrogens is 144 g/mol. The van der Waals surface area contributed by atoms with Crippen molar-refractivity contribution in [1.82, 2.24) is 0 Å². The minimum absolute atomic E-state index is 0.619. The smallest absolute Gasteiger partial charge is 0.0298 e. The Labute approximate surface area is 78.8 Å². The SMILES string of the molecule is CC.CC(C)C1CC(C)C1(C)C. The highest BCUT2D eigenvalue weighted by molar-refractivity contribution is 4.95. The highest BCUT2D eigenvalue weighted by atomic mass is 14.5. The standard InChI is InChI=1S/C10H20.C2H6/c1-7(2)9-6-8(3)10(9,4)5;1-2/h7-9H,6H2,1-5H3;1-2H3. The second-order valence-electron chi connectivity index (χ2n) is 4.81. The van der Waals surface area contributed by atoms with Crippen LogP contribution in [0.1, 0.15) is 54.9 Å².